The average Bonchev–Trinajstić information content (AvgIpc) is 2.63. The van der Waals surface area contributed by atoms with Crippen LogP contribution in [0.4, 0.5) is 0 Å². The van der Waals surface area contributed by atoms with Gasteiger partial charge in [-0.15, -0.1) is 0 Å². The minimum absolute atomic E-state index is 0.169. The molecule has 0 saturated carbocycles. The Morgan fingerprint density at radius 2 is 2.00 bits per heavy atom. The van der Waals surface area contributed by atoms with Gasteiger partial charge in [0, 0.05) is 30.4 Å². The molecule has 0 saturated heterocycles. The zero-order valence-electron chi connectivity index (χ0n) is 12.8. The number of nitrogens with zero attached hydrogens (tertiary/aromatic N) is 3. The molecule has 5 nitrogen and oxygen atoms in total. The standard InChI is InChI=1S/C14H25N3O2/c1-7-17-12(5)13(10(3)15-17)11(4)16(6)8-9(2)14(18)19/h9,11H,7-8H2,1-6H3,(H,18,19). The molecule has 0 spiro atoms. The Bertz CT molecular complexity index is 454. The lowest BCUT2D eigenvalue weighted by Crippen LogP contribution is -2.31. The average molecular weight is 267 g/mol. The van der Waals surface area contributed by atoms with Gasteiger partial charge in [-0.3, -0.25) is 14.4 Å². The van der Waals surface area contributed by atoms with Crippen LogP contribution in [0.3, 0.4) is 0 Å². The molecule has 0 fully saturated rings. The van der Waals surface area contributed by atoms with Crippen LogP contribution >= 0.6 is 0 Å². The number of carboxylic acid groups (broad SMARTS) is 1. The number of aryl methyl sites for hydroxylation is 2. The fraction of sp³-hybridized carbons (Fsp3) is 0.714. The van der Waals surface area contributed by atoms with Gasteiger partial charge in [-0.05, 0) is 34.7 Å². The van der Waals surface area contributed by atoms with Crippen molar-refractivity contribution in [2.75, 3.05) is 13.6 Å². The van der Waals surface area contributed by atoms with E-state index in [0.29, 0.717) is 6.54 Å². The van der Waals surface area contributed by atoms with Crippen molar-refractivity contribution in [3.63, 3.8) is 0 Å². The predicted octanol–water partition coefficient (Wildman–Crippen LogP) is 2.23. The maximum atomic E-state index is 10.9. The first-order valence-corrected chi connectivity index (χ1v) is 6.76. The first-order valence-electron chi connectivity index (χ1n) is 6.76. The normalized spacial score (nSPS) is 14.7. The number of rotatable bonds is 6. The number of aliphatic carboxylic acids is 1. The first-order chi connectivity index (χ1) is 8.79. The molecular weight excluding hydrogens is 242 g/mol. The molecule has 0 bridgehead atoms. The molecule has 0 aromatic carbocycles. The van der Waals surface area contributed by atoms with E-state index in [1.54, 1.807) is 6.92 Å². The molecule has 0 amide bonds. The van der Waals surface area contributed by atoms with Crippen molar-refractivity contribution >= 4 is 5.97 Å². The zero-order valence-corrected chi connectivity index (χ0v) is 12.8. The molecule has 2 unspecified atom stereocenters. The van der Waals surface area contributed by atoms with E-state index in [1.807, 2.05) is 18.7 Å². The van der Waals surface area contributed by atoms with E-state index in [2.05, 4.69) is 30.8 Å². The molecule has 19 heavy (non-hydrogen) atoms. The minimum atomic E-state index is -0.753. The second kappa shape index (κ2) is 6.19. The summed E-state index contributed by atoms with van der Waals surface area (Å²) in [7, 11) is 1.96. The SMILES string of the molecule is CCn1nc(C)c(C(C)N(C)CC(C)C(=O)O)c1C. The first kappa shape index (κ1) is 15.7. The minimum Gasteiger partial charge on any atom is -0.481 e. The molecule has 1 heterocycles. The fourth-order valence-corrected chi connectivity index (χ4v) is 2.51. The maximum Gasteiger partial charge on any atom is 0.307 e. The van der Waals surface area contributed by atoms with Crippen LogP contribution < -0.4 is 0 Å². The van der Waals surface area contributed by atoms with Crippen molar-refractivity contribution < 1.29 is 9.90 Å². The predicted molar refractivity (Wildman–Crippen MR) is 75.2 cm³/mol. The number of hydrogen-bond donors (Lipinski definition) is 1. The van der Waals surface area contributed by atoms with Gasteiger partial charge in [0.25, 0.3) is 0 Å². The highest BCUT2D eigenvalue weighted by Crippen LogP contribution is 2.26. The summed E-state index contributed by atoms with van der Waals surface area (Å²) >= 11 is 0. The van der Waals surface area contributed by atoms with Gasteiger partial charge in [0.15, 0.2) is 0 Å². The number of carboxylic acids is 1. The van der Waals surface area contributed by atoms with Crippen molar-refractivity contribution in [1.29, 1.82) is 0 Å². The summed E-state index contributed by atoms with van der Waals surface area (Å²) in [5, 5.41) is 13.5. The van der Waals surface area contributed by atoms with Crippen LogP contribution in [0, 0.1) is 19.8 Å². The Morgan fingerprint density at radius 3 is 2.42 bits per heavy atom. The van der Waals surface area contributed by atoms with E-state index < -0.39 is 5.97 Å². The second-order valence-electron chi connectivity index (χ2n) is 5.26. The van der Waals surface area contributed by atoms with Crippen LogP contribution in [0.5, 0.6) is 0 Å². The Hall–Kier alpha value is -1.36. The summed E-state index contributed by atoms with van der Waals surface area (Å²) < 4.78 is 2.00. The van der Waals surface area contributed by atoms with Crippen molar-refractivity contribution in [3.8, 4) is 0 Å². The van der Waals surface area contributed by atoms with Gasteiger partial charge in [0.1, 0.15) is 0 Å². The van der Waals surface area contributed by atoms with E-state index in [1.165, 1.54) is 11.3 Å². The highest BCUT2D eigenvalue weighted by molar-refractivity contribution is 5.69. The van der Waals surface area contributed by atoms with Crippen molar-refractivity contribution in [3.05, 3.63) is 17.0 Å². The second-order valence-corrected chi connectivity index (χ2v) is 5.26. The van der Waals surface area contributed by atoms with Gasteiger partial charge >= 0.3 is 5.97 Å². The molecule has 1 rings (SSSR count). The van der Waals surface area contributed by atoms with Crippen molar-refractivity contribution in [2.45, 2.75) is 47.2 Å². The number of hydrogen-bond acceptors (Lipinski definition) is 3. The highest BCUT2D eigenvalue weighted by Gasteiger charge is 2.23. The van der Waals surface area contributed by atoms with Gasteiger partial charge < -0.3 is 5.11 Å². The number of aromatic nitrogens is 2. The quantitative estimate of drug-likeness (QED) is 0.858. The topological polar surface area (TPSA) is 58.4 Å². The zero-order chi connectivity index (χ0) is 14.7. The molecule has 5 heteroatoms. The third-order valence-electron chi connectivity index (χ3n) is 3.80. The molecule has 0 aliphatic rings. The lowest BCUT2D eigenvalue weighted by atomic mass is 10.0. The van der Waals surface area contributed by atoms with Gasteiger partial charge in [-0.2, -0.15) is 5.10 Å². The Balaban J connectivity index is 2.91. The van der Waals surface area contributed by atoms with Crippen LogP contribution in [0.1, 0.15) is 43.8 Å². The lowest BCUT2D eigenvalue weighted by molar-refractivity contribution is -0.141. The molecule has 108 valence electrons. The van der Waals surface area contributed by atoms with E-state index >= 15 is 0 Å². The smallest absolute Gasteiger partial charge is 0.307 e. The number of carbonyl (C=O) groups is 1. The Labute approximate surface area is 115 Å². The van der Waals surface area contributed by atoms with Crippen LogP contribution in [0.2, 0.25) is 0 Å². The molecule has 1 aromatic rings. The Kier molecular flexibility index (Phi) is 5.11. The molecule has 0 aliphatic heterocycles. The van der Waals surface area contributed by atoms with Crippen LogP contribution in [-0.4, -0.2) is 39.3 Å². The van der Waals surface area contributed by atoms with Crippen LogP contribution in [-0.2, 0) is 11.3 Å². The van der Waals surface area contributed by atoms with E-state index in [-0.39, 0.29) is 12.0 Å². The van der Waals surface area contributed by atoms with E-state index in [9.17, 15) is 4.79 Å². The van der Waals surface area contributed by atoms with Gasteiger partial charge in [0.2, 0.25) is 0 Å². The summed E-state index contributed by atoms with van der Waals surface area (Å²) in [4.78, 5) is 13.0. The fourth-order valence-electron chi connectivity index (χ4n) is 2.51. The van der Waals surface area contributed by atoms with E-state index in [0.717, 1.165) is 12.2 Å². The van der Waals surface area contributed by atoms with Crippen LogP contribution in [0.15, 0.2) is 0 Å². The van der Waals surface area contributed by atoms with Gasteiger partial charge in [0.05, 0.1) is 11.6 Å². The molecule has 1 N–H and O–H groups in total. The highest BCUT2D eigenvalue weighted by atomic mass is 16.4. The summed E-state index contributed by atoms with van der Waals surface area (Å²) in [5.74, 6) is -1.12. The summed E-state index contributed by atoms with van der Waals surface area (Å²) in [6.45, 7) is 11.4. The molecule has 0 aliphatic carbocycles. The summed E-state index contributed by atoms with van der Waals surface area (Å²) in [6.07, 6.45) is 0. The molecular formula is C14H25N3O2. The third kappa shape index (κ3) is 3.35. The molecule has 1 aromatic heterocycles. The maximum absolute atomic E-state index is 10.9. The van der Waals surface area contributed by atoms with E-state index in [4.69, 9.17) is 5.11 Å². The summed E-state index contributed by atoms with van der Waals surface area (Å²) in [5.41, 5.74) is 3.41. The van der Waals surface area contributed by atoms with Gasteiger partial charge in [-0.25, -0.2) is 0 Å². The monoisotopic (exact) mass is 267 g/mol. The molecule has 2 atom stereocenters. The molecule has 0 radical (unpaired) electrons. The van der Waals surface area contributed by atoms with Crippen molar-refractivity contribution in [1.82, 2.24) is 14.7 Å². The largest absolute Gasteiger partial charge is 0.481 e. The van der Waals surface area contributed by atoms with Crippen LogP contribution in [0.25, 0.3) is 0 Å². The third-order valence-corrected chi connectivity index (χ3v) is 3.80. The summed E-state index contributed by atoms with van der Waals surface area (Å²) in [6, 6.07) is 0.169. The van der Waals surface area contributed by atoms with Crippen molar-refractivity contribution in [2.24, 2.45) is 5.92 Å². The Morgan fingerprint density at radius 1 is 1.42 bits per heavy atom. The lowest BCUT2D eigenvalue weighted by Gasteiger charge is -2.26. The van der Waals surface area contributed by atoms with Gasteiger partial charge in [-0.1, -0.05) is 6.92 Å².